The van der Waals surface area contributed by atoms with Gasteiger partial charge >= 0.3 is 0 Å². The van der Waals surface area contributed by atoms with Crippen LogP contribution in [-0.4, -0.2) is 29.5 Å². The number of benzene rings is 2. The largest absolute Gasteiger partial charge is 0.348 e. The molecule has 4 nitrogen and oxygen atoms in total. The Hall–Kier alpha value is -2.14. The molecule has 1 atom stereocenters. The number of nitrogens with zero attached hydrogens (tertiary/aromatic N) is 1. The predicted molar refractivity (Wildman–Crippen MR) is 135 cm³/mol. The van der Waals surface area contributed by atoms with Crippen molar-refractivity contribution >= 4 is 40.0 Å². The second-order valence-corrected chi connectivity index (χ2v) is 10.4. The normalized spacial score (nSPS) is 22.7. The van der Waals surface area contributed by atoms with E-state index in [4.69, 9.17) is 23.2 Å². The lowest BCUT2D eigenvalue weighted by molar-refractivity contribution is 0.0917. The molecule has 172 valence electrons. The molecule has 1 heterocycles. The van der Waals surface area contributed by atoms with Crippen molar-refractivity contribution in [1.82, 2.24) is 15.6 Å². The minimum absolute atomic E-state index is 0.0885. The fourth-order valence-corrected chi connectivity index (χ4v) is 5.60. The topological polar surface area (TPSA) is 54.0 Å². The first-order valence-electron chi connectivity index (χ1n) is 11.9. The summed E-state index contributed by atoms with van der Waals surface area (Å²) in [6, 6.07) is 16.3. The molecule has 0 radical (unpaired) electrons. The number of fused-ring (bicyclic) bond motifs is 2. The van der Waals surface area contributed by atoms with Crippen molar-refractivity contribution in [3.8, 4) is 0 Å². The summed E-state index contributed by atoms with van der Waals surface area (Å²) >= 11 is 12.2. The van der Waals surface area contributed by atoms with E-state index in [1.807, 2.05) is 24.3 Å². The summed E-state index contributed by atoms with van der Waals surface area (Å²) in [6.45, 7) is 1.06. The van der Waals surface area contributed by atoms with Gasteiger partial charge in [0.05, 0.1) is 5.52 Å². The molecule has 0 aliphatic heterocycles. The SMILES string of the molecule is O=C(N[C@H]1CC[C@H](CNC2CCc3cc(Cl)ccc3C2)CC1)c1ccc2cc(Cl)ccc2n1. The van der Waals surface area contributed by atoms with Gasteiger partial charge < -0.3 is 10.6 Å². The van der Waals surface area contributed by atoms with Crippen molar-refractivity contribution in [2.24, 2.45) is 5.92 Å². The molecule has 1 saturated carbocycles. The van der Waals surface area contributed by atoms with E-state index in [0.29, 0.717) is 22.7 Å². The average molecular weight is 482 g/mol. The molecule has 3 aromatic rings. The minimum Gasteiger partial charge on any atom is -0.348 e. The average Bonchev–Trinajstić information content (AvgIpc) is 2.83. The zero-order valence-electron chi connectivity index (χ0n) is 18.6. The summed E-state index contributed by atoms with van der Waals surface area (Å²) in [6.07, 6.45) is 7.68. The Kier molecular flexibility index (Phi) is 6.86. The second-order valence-electron chi connectivity index (χ2n) is 9.49. The van der Waals surface area contributed by atoms with Gasteiger partial charge in [-0.05, 0) is 105 Å². The Labute approximate surface area is 205 Å². The number of rotatable bonds is 5. The van der Waals surface area contributed by atoms with Crippen molar-refractivity contribution in [1.29, 1.82) is 0 Å². The van der Waals surface area contributed by atoms with E-state index in [1.165, 1.54) is 17.5 Å². The van der Waals surface area contributed by atoms with Gasteiger partial charge in [0.25, 0.3) is 5.91 Å². The zero-order valence-corrected chi connectivity index (χ0v) is 20.1. The lowest BCUT2D eigenvalue weighted by atomic mass is 9.84. The van der Waals surface area contributed by atoms with Crippen molar-refractivity contribution in [2.45, 2.75) is 57.0 Å². The highest BCUT2D eigenvalue weighted by molar-refractivity contribution is 6.31. The van der Waals surface area contributed by atoms with Crippen LogP contribution in [0.25, 0.3) is 10.9 Å². The van der Waals surface area contributed by atoms with Crippen LogP contribution in [0.1, 0.15) is 53.7 Å². The molecular formula is C27H29Cl2N3O. The number of aromatic nitrogens is 1. The van der Waals surface area contributed by atoms with Crippen molar-refractivity contribution in [3.63, 3.8) is 0 Å². The summed E-state index contributed by atoms with van der Waals surface area (Å²) in [5.41, 5.74) is 4.09. The van der Waals surface area contributed by atoms with E-state index in [0.717, 1.165) is 61.0 Å². The van der Waals surface area contributed by atoms with E-state index in [-0.39, 0.29) is 11.9 Å². The maximum absolute atomic E-state index is 12.7. The number of carbonyl (C=O) groups excluding carboxylic acids is 1. The summed E-state index contributed by atoms with van der Waals surface area (Å²) in [4.78, 5) is 17.2. The summed E-state index contributed by atoms with van der Waals surface area (Å²) in [7, 11) is 0. The van der Waals surface area contributed by atoms with E-state index < -0.39 is 0 Å². The summed E-state index contributed by atoms with van der Waals surface area (Å²) < 4.78 is 0. The van der Waals surface area contributed by atoms with Crippen LogP contribution in [0.2, 0.25) is 10.0 Å². The molecular weight excluding hydrogens is 453 g/mol. The molecule has 2 aliphatic carbocycles. The quantitative estimate of drug-likeness (QED) is 0.471. The second kappa shape index (κ2) is 10.0. The van der Waals surface area contributed by atoms with E-state index in [2.05, 4.69) is 27.8 Å². The molecule has 1 aromatic heterocycles. The van der Waals surface area contributed by atoms with Gasteiger partial charge in [-0.15, -0.1) is 0 Å². The highest BCUT2D eigenvalue weighted by Gasteiger charge is 2.25. The van der Waals surface area contributed by atoms with Crippen LogP contribution in [0.3, 0.4) is 0 Å². The first-order valence-corrected chi connectivity index (χ1v) is 12.7. The van der Waals surface area contributed by atoms with Crippen LogP contribution in [0.15, 0.2) is 48.5 Å². The van der Waals surface area contributed by atoms with Crippen LogP contribution in [0.4, 0.5) is 0 Å². The lowest BCUT2D eigenvalue weighted by Crippen LogP contribution is -2.41. The van der Waals surface area contributed by atoms with Crippen LogP contribution in [-0.2, 0) is 12.8 Å². The number of hydrogen-bond acceptors (Lipinski definition) is 3. The van der Waals surface area contributed by atoms with Crippen LogP contribution < -0.4 is 10.6 Å². The zero-order chi connectivity index (χ0) is 22.8. The maximum atomic E-state index is 12.7. The highest BCUT2D eigenvalue weighted by Crippen LogP contribution is 2.27. The molecule has 5 rings (SSSR count). The maximum Gasteiger partial charge on any atom is 0.270 e. The summed E-state index contributed by atoms with van der Waals surface area (Å²) in [5.74, 6) is 0.586. The number of aryl methyl sites for hydroxylation is 1. The third-order valence-electron chi connectivity index (χ3n) is 7.16. The van der Waals surface area contributed by atoms with Gasteiger partial charge in [0.1, 0.15) is 5.69 Å². The third kappa shape index (κ3) is 5.51. The first-order chi connectivity index (χ1) is 16.0. The van der Waals surface area contributed by atoms with Gasteiger partial charge in [0.2, 0.25) is 0 Å². The minimum atomic E-state index is -0.0885. The van der Waals surface area contributed by atoms with E-state index in [1.54, 1.807) is 12.1 Å². The van der Waals surface area contributed by atoms with Gasteiger partial charge in [0.15, 0.2) is 0 Å². The number of carbonyl (C=O) groups is 1. The van der Waals surface area contributed by atoms with Gasteiger partial charge in [-0.25, -0.2) is 4.98 Å². The van der Waals surface area contributed by atoms with Crippen molar-refractivity contribution in [2.75, 3.05) is 6.54 Å². The Bertz CT molecular complexity index is 1160. The molecule has 0 spiro atoms. The van der Waals surface area contributed by atoms with E-state index >= 15 is 0 Å². The molecule has 1 unspecified atom stereocenters. The predicted octanol–water partition coefficient (Wildman–Crippen LogP) is 5.98. The molecule has 2 N–H and O–H groups in total. The Morgan fingerprint density at radius 1 is 0.879 bits per heavy atom. The van der Waals surface area contributed by atoms with Crippen LogP contribution in [0.5, 0.6) is 0 Å². The van der Waals surface area contributed by atoms with Gasteiger partial charge in [0, 0.05) is 27.5 Å². The molecule has 6 heteroatoms. The fourth-order valence-electron chi connectivity index (χ4n) is 5.22. The lowest BCUT2D eigenvalue weighted by Gasteiger charge is -2.32. The Morgan fingerprint density at radius 3 is 2.52 bits per heavy atom. The first kappa shape index (κ1) is 22.6. The number of halogens is 2. The smallest absolute Gasteiger partial charge is 0.270 e. The van der Waals surface area contributed by atoms with Crippen molar-refractivity contribution in [3.05, 3.63) is 75.4 Å². The molecule has 1 fully saturated rings. The molecule has 2 aromatic carbocycles. The number of pyridine rings is 1. The molecule has 0 saturated heterocycles. The van der Waals surface area contributed by atoms with Gasteiger partial charge in [-0.3, -0.25) is 4.79 Å². The number of hydrogen-bond donors (Lipinski definition) is 2. The summed E-state index contributed by atoms with van der Waals surface area (Å²) in [5, 5.41) is 9.46. The van der Waals surface area contributed by atoms with Gasteiger partial charge in [-0.2, -0.15) is 0 Å². The third-order valence-corrected chi connectivity index (χ3v) is 7.63. The van der Waals surface area contributed by atoms with E-state index in [9.17, 15) is 4.79 Å². The van der Waals surface area contributed by atoms with Gasteiger partial charge in [-0.1, -0.05) is 35.3 Å². The Balaban J connectivity index is 1.08. The number of nitrogens with one attached hydrogen (secondary N) is 2. The molecule has 33 heavy (non-hydrogen) atoms. The molecule has 1 amide bonds. The fraction of sp³-hybridized carbons (Fsp3) is 0.407. The van der Waals surface area contributed by atoms with Crippen LogP contribution in [0, 0.1) is 5.92 Å². The molecule has 0 bridgehead atoms. The standard InChI is InChI=1S/C27H29Cl2N3O/c28-21-6-3-19-15-24(10-4-18(19)13-21)30-16-17-1-8-23(9-2-17)31-27(33)26-11-5-20-14-22(29)7-12-25(20)32-26/h3,5-7,11-14,17,23-24,30H,1-2,4,8-10,15-16H2,(H,31,33)/t17-,23-,24?. The molecule has 2 aliphatic rings. The van der Waals surface area contributed by atoms with Crippen molar-refractivity contribution < 1.29 is 4.79 Å². The highest BCUT2D eigenvalue weighted by atomic mass is 35.5. The van der Waals surface area contributed by atoms with Crippen LogP contribution >= 0.6 is 23.2 Å². The monoisotopic (exact) mass is 481 g/mol. The Morgan fingerprint density at radius 2 is 1.67 bits per heavy atom. The number of amides is 1.